The molecule has 0 saturated heterocycles. The second-order valence-corrected chi connectivity index (χ2v) is 13.2. The van der Waals surface area contributed by atoms with Gasteiger partial charge in [-0.15, -0.1) is 0 Å². The van der Waals surface area contributed by atoms with Crippen LogP contribution in [0.1, 0.15) is 30.5 Å². The summed E-state index contributed by atoms with van der Waals surface area (Å²) in [6, 6.07) is 27.5. The third-order valence-corrected chi connectivity index (χ3v) is 10.9. The van der Waals surface area contributed by atoms with Gasteiger partial charge < -0.3 is 10.2 Å². The van der Waals surface area contributed by atoms with E-state index in [9.17, 15) is 0 Å². The number of hydrogen-bond acceptors (Lipinski definition) is 2. The van der Waals surface area contributed by atoms with Crippen LogP contribution in [0.4, 0.5) is 0 Å². The summed E-state index contributed by atoms with van der Waals surface area (Å²) < 4.78 is 4.59. The molecule has 0 fully saturated rings. The van der Waals surface area contributed by atoms with Crippen LogP contribution in [-0.2, 0) is 9.59 Å². The molecule has 0 amide bonds. The number of carboxylic acids is 2. The molecule has 3 rings (SSSR count). The van der Waals surface area contributed by atoms with Crippen LogP contribution in [0.25, 0.3) is 0 Å². The second-order valence-electron chi connectivity index (χ2n) is 6.88. The van der Waals surface area contributed by atoms with Gasteiger partial charge in [0.25, 0.3) is 11.9 Å². The minimum atomic E-state index is -1.90. The van der Waals surface area contributed by atoms with E-state index >= 15 is 0 Å². The molecule has 0 heterocycles. The molecule has 3 aromatic rings. The topological polar surface area (TPSA) is 74.6 Å². The van der Waals surface area contributed by atoms with E-state index < -0.39 is 32.1 Å². The Kier molecular flexibility index (Phi) is 10.9. The molecule has 3 aromatic carbocycles. The molecule has 0 radical (unpaired) electrons. The molecule has 0 atom stereocenters. The summed E-state index contributed by atoms with van der Waals surface area (Å²) in [6.45, 7) is 8.63. The Morgan fingerprint density at radius 1 is 0.533 bits per heavy atom. The maximum atomic E-state index is 9.00. The van der Waals surface area contributed by atoms with E-state index in [0.29, 0.717) is 0 Å². The quantitative estimate of drug-likeness (QED) is 0.526. The molecule has 0 bridgehead atoms. The van der Waals surface area contributed by atoms with Gasteiger partial charge in [0.2, 0.25) is 0 Å². The SMILES string of the molecule is CC(=O)O.CC(=O)O.Cc1cc[c]([Sb]([c]2ccc(C)cc2)[c]2ccc(C)cc2)cc1. The molecule has 0 spiro atoms. The summed E-state index contributed by atoms with van der Waals surface area (Å²) in [5, 5.41) is 14.8. The van der Waals surface area contributed by atoms with Gasteiger partial charge in [-0.2, -0.15) is 0 Å². The van der Waals surface area contributed by atoms with Gasteiger partial charge in [0.05, 0.1) is 0 Å². The van der Waals surface area contributed by atoms with Crippen LogP contribution >= 0.6 is 0 Å². The van der Waals surface area contributed by atoms with Crippen molar-refractivity contribution in [3.63, 3.8) is 0 Å². The molecular formula is C25H29O4Sb. The van der Waals surface area contributed by atoms with Gasteiger partial charge in [-0.3, -0.25) is 9.59 Å². The number of carboxylic acid groups (broad SMARTS) is 2. The van der Waals surface area contributed by atoms with E-state index in [-0.39, 0.29) is 0 Å². The Morgan fingerprint density at radius 3 is 0.867 bits per heavy atom. The summed E-state index contributed by atoms with van der Waals surface area (Å²) in [6.07, 6.45) is 0. The van der Waals surface area contributed by atoms with Gasteiger partial charge >= 0.3 is 141 Å². The van der Waals surface area contributed by atoms with Gasteiger partial charge in [0.15, 0.2) is 0 Å². The van der Waals surface area contributed by atoms with Crippen molar-refractivity contribution in [2.75, 3.05) is 0 Å². The first-order valence-electron chi connectivity index (χ1n) is 9.49. The molecule has 158 valence electrons. The molecule has 0 unspecified atom stereocenters. The van der Waals surface area contributed by atoms with Gasteiger partial charge in [-0.25, -0.2) is 0 Å². The summed E-state index contributed by atoms with van der Waals surface area (Å²) in [5.74, 6) is -1.67. The van der Waals surface area contributed by atoms with Crippen molar-refractivity contribution in [3.8, 4) is 0 Å². The van der Waals surface area contributed by atoms with E-state index in [4.69, 9.17) is 19.8 Å². The molecule has 0 aliphatic carbocycles. The third-order valence-electron chi connectivity index (χ3n) is 3.88. The summed E-state index contributed by atoms with van der Waals surface area (Å²) in [5.41, 5.74) is 3.99. The van der Waals surface area contributed by atoms with E-state index in [1.807, 2.05) is 0 Å². The first-order valence-corrected chi connectivity index (χ1v) is 13.3. The van der Waals surface area contributed by atoms with E-state index in [1.165, 1.54) is 27.2 Å². The van der Waals surface area contributed by atoms with Crippen LogP contribution in [0.3, 0.4) is 0 Å². The summed E-state index contributed by atoms with van der Waals surface area (Å²) in [7, 11) is 0. The Morgan fingerprint density at radius 2 is 0.700 bits per heavy atom. The Bertz CT molecular complexity index is 802. The zero-order chi connectivity index (χ0) is 22.7. The first-order chi connectivity index (χ1) is 14.1. The fourth-order valence-electron chi connectivity index (χ4n) is 2.53. The number of aliphatic carboxylic acids is 2. The van der Waals surface area contributed by atoms with Crippen LogP contribution in [-0.4, -0.2) is 42.4 Å². The monoisotopic (exact) mass is 514 g/mol. The van der Waals surface area contributed by atoms with Crippen molar-refractivity contribution < 1.29 is 19.8 Å². The number of carbonyl (C=O) groups is 2. The maximum absolute atomic E-state index is 9.00. The normalized spacial score (nSPS) is 9.67. The molecular weight excluding hydrogens is 486 g/mol. The van der Waals surface area contributed by atoms with E-state index in [1.54, 1.807) is 0 Å². The average Bonchev–Trinajstić information content (AvgIpc) is 2.66. The Labute approximate surface area is 186 Å². The second kappa shape index (κ2) is 12.9. The van der Waals surface area contributed by atoms with Gasteiger partial charge in [0, 0.05) is 13.8 Å². The number of rotatable bonds is 3. The summed E-state index contributed by atoms with van der Waals surface area (Å²) >= 11 is -1.90. The predicted molar refractivity (Wildman–Crippen MR) is 125 cm³/mol. The number of aryl methyl sites for hydroxylation is 3. The standard InChI is InChI=1S/3C7H7.2C2H4O2.Sb/c3*1-7-5-3-2-4-6-7;2*1-2(3)4;/h3*3-6H,1H3;2*1H3,(H,3,4);. The van der Waals surface area contributed by atoms with Gasteiger partial charge in [-0.1, -0.05) is 0 Å². The molecule has 2 N–H and O–H groups in total. The first kappa shape index (κ1) is 25.5. The van der Waals surface area contributed by atoms with Crippen molar-refractivity contribution in [2.24, 2.45) is 0 Å². The fourth-order valence-corrected chi connectivity index (χ4v) is 8.91. The third kappa shape index (κ3) is 9.75. The molecule has 0 aromatic heterocycles. The van der Waals surface area contributed by atoms with Crippen molar-refractivity contribution in [1.82, 2.24) is 0 Å². The predicted octanol–water partition coefficient (Wildman–Crippen LogP) is 3.31. The Balaban J connectivity index is 0.000000485. The van der Waals surface area contributed by atoms with Crippen molar-refractivity contribution in [1.29, 1.82) is 0 Å². The van der Waals surface area contributed by atoms with Crippen molar-refractivity contribution >= 4 is 42.7 Å². The molecule has 30 heavy (non-hydrogen) atoms. The molecule has 0 aliphatic rings. The van der Waals surface area contributed by atoms with Gasteiger partial charge in [0.1, 0.15) is 0 Å². The Hall–Kier alpha value is -2.58. The molecule has 4 nitrogen and oxygen atoms in total. The van der Waals surface area contributed by atoms with Gasteiger partial charge in [-0.05, 0) is 0 Å². The van der Waals surface area contributed by atoms with Crippen LogP contribution in [0.5, 0.6) is 0 Å². The number of hydrogen-bond donors (Lipinski definition) is 2. The number of benzene rings is 3. The van der Waals surface area contributed by atoms with Crippen LogP contribution in [0, 0.1) is 20.8 Å². The minimum absolute atomic E-state index is 0.833. The van der Waals surface area contributed by atoms with Crippen LogP contribution in [0.2, 0.25) is 0 Å². The van der Waals surface area contributed by atoms with Crippen molar-refractivity contribution in [3.05, 3.63) is 89.5 Å². The molecule has 5 heteroatoms. The van der Waals surface area contributed by atoms with Crippen LogP contribution in [0.15, 0.2) is 72.8 Å². The zero-order valence-corrected chi connectivity index (χ0v) is 20.6. The molecule has 0 saturated carbocycles. The van der Waals surface area contributed by atoms with E-state index in [2.05, 4.69) is 93.6 Å². The fraction of sp³-hybridized carbons (Fsp3) is 0.200. The average molecular weight is 515 g/mol. The zero-order valence-electron chi connectivity index (χ0n) is 18.1. The summed E-state index contributed by atoms with van der Waals surface area (Å²) in [4.78, 5) is 18.0. The van der Waals surface area contributed by atoms with Crippen molar-refractivity contribution in [2.45, 2.75) is 34.6 Å². The van der Waals surface area contributed by atoms with E-state index in [0.717, 1.165) is 13.8 Å². The van der Waals surface area contributed by atoms with Crippen LogP contribution < -0.4 is 10.5 Å². The molecule has 0 aliphatic heterocycles.